The van der Waals surface area contributed by atoms with Gasteiger partial charge >= 0.3 is 6.09 Å². The van der Waals surface area contributed by atoms with Crippen molar-refractivity contribution in [3.63, 3.8) is 0 Å². The van der Waals surface area contributed by atoms with Gasteiger partial charge in [0.25, 0.3) is 0 Å². The Bertz CT molecular complexity index is 456. The minimum atomic E-state index is -0.210. The van der Waals surface area contributed by atoms with Gasteiger partial charge in [-0.2, -0.15) is 0 Å². The molecule has 1 heterocycles. The zero-order valence-corrected chi connectivity index (χ0v) is 13.2. The SMILES string of the molecule is CCCCOC(=O)N1CCC(NCc2ccc(F)cc2)CC1. The molecule has 0 unspecified atom stereocenters. The number of halogens is 1. The fraction of sp³-hybridized carbons (Fsp3) is 0.588. The second kappa shape index (κ2) is 8.73. The third kappa shape index (κ3) is 5.30. The first-order valence-electron chi connectivity index (χ1n) is 8.08. The maximum atomic E-state index is 12.8. The van der Waals surface area contributed by atoms with Crippen LogP contribution in [0.1, 0.15) is 38.2 Å². The zero-order valence-electron chi connectivity index (χ0n) is 13.2. The van der Waals surface area contributed by atoms with Crippen molar-refractivity contribution in [2.75, 3.05) is 19.7 Å². The van der Waals surface area contributed by atoms with E-state index in [0.29, 0.717) is 12.6 Å². The fourth-order valence-electron chi connectivity index (χ4n) is 2.53. The Morgan fingerprint density at radius 1 is 1.32 bits per heavy atom. The Morgan fingerprint density at radius 2 is 2.00 bits per heavy atom. The summed E-state index contributed by atoms with van der Waals surface area (Å²) in [6, 6.07) is 6.94. The molecule has 0 saturated carbocycles. The highest BCUT2D eigenvalue weighted by molar-refractivity contribution is 5.67. The number of carbonyl (C=O) groups is 1. The molecule has 0 spiro atoms. The predicted molar refractivity (Wildman–Crippen MR) is 84.1 cm³/mol. The minimum absolute atomic E-state index is 0.189. The van der Waals surface area contributed by atoms with E-state index < -0.39 is 0 Å². The fourth-order valence-corrected chi connectivity index (χ4v) is 2.53. The molecule has 0 aliphatic carbocycles. The monoisotopic (exact) mass is 308 g/mol. The van der Waals surface area contributed by atoms with Crippen molar-refractivity contribution < 1.29 is 13.9 Å². The van der Waals surface area contributed by atoms with Crippen molar-refractivity contribution in [1.29, 1.82) is 0 Å². The number of likely N-dealkylation sites (tertiary alicyclic amines) is 1. The normalized spacial score (nSPS) is 15.8. The van der Waals surface area contributed by atoms with Crippen LogP contribution in [0, 0.1) is 5.82 Å². The van der Waals surface area contributed by atoms with Gasteiger partial charge in [0, 0.05) is 25.7 Å². The number of benzene rings is 1. The van der Waals surface area contributed by atoms with Crippen LogP contribution < -0.4 is 5.32 Å². The van der Waals surface area contributed by atoms with Crippen LogP contribution >= 0.6 is 0 Å². The molecule has 22 heavy (non-hydrogen) atoms. The first-order valence-corrected chi connectivity index (χ1v) is 8.08. The molecule has 0 bridgehead atoms. The van der Waals surface area contributed by atoms with Crippen LogP contribution in [0.15, 0.2) is 24.3 Å². The van der Waals surface area contributed by atoms with E-state index in [9.17, 15) is 9.18 Å². The van der Waals surface area contributed by atoms with E-state index in [4.69, 9.17) is 4.74 Å². The second-order valence-electron chi connectivity index (χ2n) is 5.74. The smallest absolute Gasteiger partial charge is 0.409 e. The van der Waals surface area contributed by atoms with Crippen molar-refractivity contribution >= 4 is 6.09 Å². The van der Waals surface area contributed by atoms with E-state index in [-0.39, 0.29) is 11.9 Å². The molecule has 1 fully saturated rings. The van der Waals surface area contributed by atoms with Gasteiger partial charge in [-0.25, -0.2) is 9.18 Å². The molecule has 0 radical (unpaired) electrons. The second-order valence-corrected chi connectivity index (χ2v) is 5.74. The maximum Gasteiger partial charge on any atom is 0.409 e. The number of ether oxygens (including phenoxy) is 1. The van der Waals surface area contributed by atoms with Crippen LogP contribution in [0.5, 0.6) is 0 Å². The molecule has 1 N–H and O–H groups in total. The molecule has 122 valence electrons. The molecular weight excluding hydrogens is 283 g/mol. The predicted octanol–water partition coefficient (Wildman–Crippen LogP) is 3.32. The highest BCUT2D eigenvalue weighted by Crippen LogP contribution is 2.13. The lowest BCUT2D eigenvalue weighted by atomic mass is 10.0. The summed E-state index contributed by atoms with van der Waals surface area (Å²) in [6.45, 7) is 4.77. The van der Waals surface area contributed by atoms with E-state index in [1.165, 1.54) is 12.1 Å². The van der Waals surface area contributed by atoms with Gasteiger partial charge in [0.1, 0.15) is 5.82 Å². The van der Waals surface area contributed by atoms with E-state index >= 15 is 0 Å². The molecule has 1 aliphatic rings. The highest BCUT2D eigenvalue weighted by atomic mass is 19.1. The Hall–Kier alpha value is -1.62. The largest absolute Gasteiger partial charge is 0.449 e. The summed E-state index contributed by atoms with van der Waals surface area (Å²) in [5, 5.41) is 3.47. The van der Waals surface area contributed by atoms with Gasteiger partial charge in [-0.15, -0.1) is 0 Å². The highest BCUT2D eigenvalue weighted by Gasteiger charge is 2.23. The number of rotatable bonds is 6. The van der Waals surface area contributed by atoms with Gasteiger partial charge in [0.15, 0.2) is 0 Å². The van der Waals surface area contributed by atoms with Crippen LogP contribution in [-0.4, -0.2) is 36.7 Å². The van der Waals surface area contributed by atoms with Crippen LogP contribution in [0.25, 0.3) is 0 Å². The van der Waals surface area contributed by atoms with Gasteiger partial charge in [0.05, 0.1) is 6.61 Å². The minimum Gasteiger partial charge on any atom is -0.449 e. The van der Waals surface area contributed by atoms with Gasteiger partial charge in [0.2, 0.25) is 0 Å². The van der Waals surface area contributed by atoms with Crippen molar-refractivity contribution in [3.8, 4) is 0 Å². The average molecular weight is 308 g/mol. The quantitative estimate of drug-likeness (QED) is 0.820. The van der Waals surface area contributed by atoms with Crippen LogP contribution in [0.3, 0.4) is 0 Å². The van der Waals surface area contributed by atoms with Crippen LogP contribution in [0.4, 0.5) is 9.18 Å². The lowest BCUT2D eigenvalue weighted by Crippen LogP contribution is -2.45. The topological polar surface area (TPSA) is 41.6 Å². The number of piperidine rings is 1. The van der Waals surface area contributed by atoms with E-state index in [2.05, 4.69) is 12.2 Å². The number of unbranched alkanes of at least 4 members (excludes halogenated alkanes) is 1. The summed E-state index contributed by atoms with van der Waals surface area (Å²) in [7, 11) is 0. The molecule has 1 amide bonds. The lowest BCUT2D eigenvalue weighted by Gasteiger charge is -2.31. The van der Waals surface area contributed by atoms with Crippen LogP contribution in [-0.2, 0) is 11.3 Å². The molecular formula is C17H25FN2O2. The van der Waals surface area contributed by atoms with Crippen molar-refractivity contribution in [2.45, 2.75) is 45.2 Å². The Labute approximate surface area is 131 Å². The van der Waals surface area contributed by atoms with Crippen LogP contribution in [0.2, 0.25) is 0 Å². The molecule has 1 aromatic rings. The summed E-state index contributed by atoms with van der Waals surface area (Å²) in [5.74, 6) is -0.210. The molecule has 1 aliphatic heterocycles. The average Bonchev–Trinajstić information content (AvgIpc) is 2.55. The summed E-state index contributed by atoms with van der Waals surface area (Å²) in [6.07, 6.45) is 3.60. The molecule has 0 atom stereocenters. The van der Waals surface area contributed by atoms with Crippen molar-refractivity contribution in [1.82, 2.24) is 10.2 Å². The lowest BCUT2D eigenvalue weighted by molar-refractivity contribution is 0.0897. The van der Waals surface area contributed by atoms with E-state index in [1.807, 2.05) is 0 Å². The Balaban J connectivity index is 1.66. The number of nitrogens with one attached hydrogen (secondary N) is 1. The molecule has 1 aromatic carbocycles. The summed E-state index contributed by atoms with van der Waals surface area (Å²) in [4.78, 5) is 13.6. The van der Waals surface area contributed by atoms with Gasteiger partial charge in [-0.1, -0.05) is 25.5 Å². The van der Waals surface area contributed by atoms with Gasteiger partial charge in [-0.05, 0) is 37.0 Å². The zero-order chi connectivity index (χ0) is 15.8. The molecule has 4 nitrogen and oxygen atoms in total. The summed E-state index contributed by atoms with van der Waals surface area (Å²) >= 11 is 0. The summed E-state index contributed by atoms with van der Waals surface area (Å²) in [5.41, 5.74) is 1.07. The van der Waals surface area contributed by atoms with Crippen molar-refractivity contribution in [3.05, 3.63) is 35.6 Å². The third-order valence-electron chi connectivity index (χ3n) is 3.98. The number of hydrogen-bond acceptors (Lipinski definition) is 3. The Morgan fingerprint density at radius 3 is 2.64 bits per heavy atom. The number of carbonyl (C=O) groups excluding carboxylic acids is 1. The van der Waals surface area contributed by atoms with Gasteiger partial charge in [-0.3, -0.25) is 0 Å². The summed E-state index contributed by atoms with van der Waals surface area (Å²) < 4.78 is 18.1. The maximum absolute atomic E-state index is 12.8. The van der Waals surface area contributed by atoms with E-state index in [0.717, 1.165) is 50.9 Å². The molecule has 2 rings (SSSR count). The first-order chi connectivity index (χ1) is 10.7. The van der Waals surface area contributed by atoms with E-state index in [1.54, 1.807) is 17.0 Å². The first kappa shape index (κ1) is 16.7. The number of nitrogens with zero attached hydrogens (tertiary/aromatic N) is 1. The molecule has 1 saturated heterocycles. The number of hydrogen-bond donors (Lipinski definition) is 1. The van der Waals surface area contributed by atoms with Crippen molar-refractivity contribution in [2.24, 2.45) is 0 Å². The Kier molecular flexibility index (Phi) is 6.65. The standard InChI is InChI=1S/C17H25FN2O2/c1-2-3-12-22-17(21)20-10-8-16(9-11-20)19-13-14-4-6-15(18)7-5-14/h4-7,16,19H,2-3,8-13H2,1H3. The molecule has 0 aromatic heterocycles. The molecule has 5 heteroatoms. The third-order valence-corrected chi connectivity index (χ3v) is 3.98. The van der Waals surface area contributed by atoms with Gasteiger partial charge < -0.3 is 15.0 Å². The number of amides is 1.